The van der Waals surface area contributed by atoms with Crippen LogP contribution in [0.4, 0.5) is 0 Å². The van der Waals surface area contributed by atoms with Crippen molar-refractivity contribution in [2.45, 2.75) is 23.6 Å². The number of rotatable bonds is 5. The monoisotopic (exact) mass is 306 g/mol. The smallest absolute Gasteiger partial charge is 0.235 e. The maximum absolute atomic E-state index is 12.2. The second kappa shape index (κ2) is 6.68. The molecule has 5 nitrogen and oxygen atoms in total. The van der Waals surface area contributed by atoms with Gasteiger partial charge in [0.1, 0.15) is 16.2 Å². The van der Waals surface area contributed by atoms with Gasteiger partial charge in [-0.25, -0.2) is 9.97 Å². The summed E-state index contributed by atoms with van der Waals surface area (Å²) in [5.74, 6) is 0.00671. The third kappa shape index (κ3) is 3.26. The van der Waals surface area contributed by atoms with Gasteiger partial charge in [-0.2, -0.15) is 5.26 Å². The van der Waals surface area contributed by atoms with Crippen molar-refractivity contribution in [2.75, 3.05) is 13.6 Å². The van der Waals surface area contributed by atoms with E-state index in [9.17, 15) is 4.79 Å². The van der Waals surface area contributed by atoms with Crippen LogP contribution >= 0.6 is 23.1 Å². The number of thioether (sulfide) groups is 1. The molecule has 0 radical (unpaired) electrons. The summed E-state index contributed by atoms with van der Waals surface area (Å²) in [6.45, 7) is 2.31. The van der Waals surface area contributed by atoms with Gasteiger partial charge in [0.05, 0.1) is 17.7 Å². The molecule has 7 heteroatoms. The molecule has 2 heterocycles. The molecule has 0 aromatic carbocycles. The van der Waals surface area contributed by atoms with E-state index in [1.165, 1.54) is 18.1 Å². The fraction of sp³-hybridized carbons (Fsp3) is 0.385. The molecule has 0 spiro atoms. The van der Waals surface area contributed by atoms with Crippen LogP contribution in [0.25, 0.3) is 10.2 Å². The van der Waals surface area contributed by atoms with Crippen LogP contribution < -0.4 is 0 Å². The molecule has 104 valence electrons. The first-order valence-electron chi connectivity index (χ1n) is 6.10. The molecule has 0 saturated heterocycles. The molecule has 0 bridgehead atoms. The van der Waals surface area contributed by atoms with Gasteiger partial charge >= 0.3 is 0 Å². The van der Waals surface area contributed by atoms with E-state index in [2.05, 4.69) is 9.97 Å². The predicted molar refractivity (Wildman–Crippen MR) is 80.6 cm³/mol. The van der Waals surface area contributed by atoms with E-state index < -0.39 is 0 Å². The fourth-order valence-electron chi connectivity index (χ4n) is 1.72. The van der Waals surface area contributed by atoms with Crippen molar-refractivity contribution >= 4 is 39.2 Å². The van der Waals surface area contributed by atoms with Gasteiger partial charge in [-0.05, 0) is 18.4 Å². The molecule has 2 rings (SSSR count). The lowest BCUT2D eigenvalue weighted by molar-refractivity contribution is -0.128. The first-order chi connectivity index (χ1) is 9.63. The van der Waals surface area contributed by atoms with Gasteiger partial charge in [0.25, 0.3) is 0 Å². The van der Waals surface area contributed by atoms with E-state index in [1.807, 2.05) is 24.4 Å². The Balaban J connectivity index is 2.07. The molecule has 0 unspecified atom stereocenters. The molecule has 2 aromatic rings. The highest BCUT2D eigenvalue weighted by atomic mass is 32.2. The van der Waals surface area contributed by atoms with Gasteiger partial charge in [0.2, 0.25) is 5.91 Å². The van der Waals surface area contributed by atoms with E-state index in [1.54, 1.807) is 23.3 Å². The third-order valence-corrected chi connectivity index (χ3v) is 4.72. The predicted octanol–water partition coefficient (Wildman–Crippen LogP) is 2.54. The van der Waals surface area contributed by atoms with E-state index >= 15 is 0 Å². The van der Waals surface area contributed by atoms with Gasteiger partial charge < -0.3 is 4.90 Å². The second-order valence-corrected chi connectivity index (χ2v) is 6.47. The minimum Gasteiger partial charge on any atom is -0.344 e. The Bertz CT molecular complexity index is 649. The maximum Gasteiger partial charge on any atom is 0.235 e. The Morgan fingerprint density at radius 3 is 3.15 bits per heavy atom. The summed E-state index contributed by atoms with van der Waals surface area (Å²) in [7, 11) is 1.72. The van der Waals surface area contributed by atoms with Crippen molar-refractivity contribution in [3.05, 3.63) is 17.8 Å². The Kier molecular flexibility index (Phi) is 4.93. The van der Waals surface area contributed by atoms with Crippen LogP contribution in [0.15, 0.2) is 22.8 Å². The van der Waals surface area contributed by atoms with E-state index in [0.717, 1.165) is 15.2 Å². The Hall–Kier alpha value is -1.65. The number of carbonyl (C=O) groups is 1. The molecule has 20 heavy (non-hydrogen) atoms. The van der Waals surface area contributed by atoms with Gasteiger partial charge in [-0.15, -0.1) is 11.3 Å². The molecule has 0 aliphatic heterocycles. The van der Waals surface area contributed by atoms with Crippen LogP contribution in [0.2, 0.25) is 0 Å². The molecule has 1 amide bonds. The molecule has 1 atom stereocenters. The normalized spacial score (nSPS) is 12.1. The summed E-state index contributed by atoms with van der Waals surface area (Å²) in [4.78, 5) is 23.2. The molecule has 0 aliphatic rings. The van der Waals surface area contributed by atoms with Crippen molar-refractivity contribution < 1.29 is 4.79 Å². The minimum atomic E-state index is -0.239. The summed E-state index contributed by atoms with van der Waals surface area (Å²) in [6, 6.07) is 4.01. The number of hydrogen-bond acceptors (Lipinski definition) is 6. The van der Waals surface area contributed by atoms with Crippen LogP contribution in [-0.2, 0) is 4.79 Å². The number of fused-ring (bicyclic) bond motifs is 1. The number of carbonyl (C=O) groups excluding carboxylic acids is 1. The molecule has 0 saturated carbocycles. The van der Waals surface area contributed by atoms with Crippen molar-refractivity contribution in [3.63, 3.8) is 0 Å². The number of hydrogen-bond donors (Lipinski definition) is 0. The highest BCUT2D eigenvalue weighted by molar-refractivity contribution is 8.00. The van der Waals surface area contributed by atoms with Gasteiger partial charge in [-0.3, -0.25) is 4.79 Å². The number of thiophene rings is 1. The lowest BCUT2D eigenvalue weighted by Crippen LogP contribution is -2.33. The zero-order valence-electron chi connectivity index (χ0n) is 11.2. The zero-order valence-corrected chi connectivity index (χ0v) is 12.9. The largest absolute Gasteiger partial charge is 0.344 e. The van der Waals surface area contributed by atoms with Crippen LogP contribution in [0.3, 0.4) is 0 Å². The summed E-state index contributed by atoms with van der Waals surface area (Å²) in [5, 5.41) is 12.1. The third-order valence-electron chi connectivity index (χ3n) is 2.80. The second-order valence-electron chi connectivity index (χ2n) is 4.25. The Morgan fingerprint density at radius 1 is 1.60 bits per heavy atom. The van der Waals surface area contributed by atoms with Crippen molar-refractivity contribution in [1.82, 2.24) is 14.9 Å². The number of nitrogens with zero attached hydrogens (tertiary/aromatic N) is 4. The summed E-state index contributed by atoms with van der Waals surface area (Å²) in [6.07, 6.45) is 1.87. The maximum atomic E-state index is 12.2. The van der Waals surface area contributed by atoms with Crippen molar-refractivity contribution in [1.29, 1.82) is 5.26 Å². The fourth-order valence-corrected chi connectivity index (χ4v) is 3.53. The average Bonchev–Trinajstić information content (AvgIpc) is 2.93. The van der Waals surface area contributed by atoms with Gasteiger partial charge in [0.15, 0.2) is 0 Å². The zero-order chi connectivity index (χ0) is 14.5. The number of nitriles is 1. The molecular weight excluding hydrogens is 292 g/mol. The summed E-state index contributed by atoms with van der Waals surface area (Å²) in [5.41, 5.74) is 0. The number of aromatic nitrogens is 2. The van der Waals surface area contributed by atoms with Crippen molar-refractivity contribution in [3.8, 4) is 6.07 Å². The quantitative estimate of drug-likeness (QED) is 0.627. The molecule has 0 aliphatic carbocycles. The summed E-state index contributed by atoms with van der Waals surface area (Å²) >= 11 is 2.99. The molecular formula is C13H14N4OS2. The highest BCUT2D eigenvalue weighted by Gasteiger charge is 2.20. The topological polar surface area (TPSA) is 69.9 Å². The highest BCUT2D eigenvalue weighted by Crippen LogP contribution is 2.30. The van der Waals surface area contributed by atoms with E-state index in [0.29, 0.717) is 13.0 Å². The first-order valence-corrected chi connectivity index (χ1v) is 7.86. The van der Waals surface area contributed by atoms with E-state index in [4.69, 9.17) is 5.26 Å². The molecule has 0 fully saturated rings. The van der Waals surface area contributed by atoms with Crippen LogP contribution in [0.5, 0.6) is 0 Å². The van der Waals surface area contributed by atoms with Crippen LogP contribution in [-0.4, -0.2) is 39.6 Å². The molecule has 2 aromatic heterocycles. The summed E-state index contributed by atoms with van der Waals surface area (Å²) < 4.78 is 0. The molecule has 0 N–H and O–H groups in total. The number of amides is 1. The van der Waals surface area contributed by atoms with Gasteiger partial charge in [-0.1, -0.05) is 11.8 Å². The minimum absolute atomic E-state index is 0.00671. The lowest BCUT2D eigenvalue weighted by atomic mass is 10.3. The van der Waals surface area contributed by atoms with Crippen LogP contribution in [0.1, 0.15) is 13.3 Å². The van der Waals surface area contributed by atoms with E-state index in [-0.39, 0.29) is 11.2 Å². The first kappa shape index (κ1) is 14.8. The SMILES string of the molecule is C[C@@H](Sc1ncnc2sccc12)C(=O)N(C)CCC#N. The van der Waals surface area contributed by atoms with Gasteiger partial charge in [0, 0.05) is 19.0 Å². The Labute approximate surface area is 125 Å². The average molecular weight is 306 g/mol. The standard InChI is InChI=1S/C13H14N4OS2/c1-9(13(18)17(2)6-3-5-14)20-12-10-4-7-19-11(10)15-8-16-12/h4,7-9H,3,6H2,1-2H3/t9-/m1/s1. The Morgan fingerprint density at radius 2 is 2.40 bits per heavy atom. The lowest BCUT2D eigenvalue weighted by Gasteiger charge is -2.19. The van der Waals surface area contributed by atoms with Crippen molar-refractivity contribution in [2.24, 2.45) is 0 Å². The van der Waals surface area contributed by atoms with Crippen LogP contribution in [0, 0.1) is 11.3 Å².